The lowest BCUT2D eigenvalue weighted by atomic mass is 9.98. The van der Waals surface area contributed by atoms with Crippen LogP contribution in [-0.2, 0) is 33.4 Å². The molecule has 0 amide bonds. The van der Waals surface area contributed by atoms with E-state index in [-0.39, 0.29) is 25.6 Å². The molecule has 1 aliphatic rings. The molecule has 13 heteroatoms. The normalized spacial score (nSPS) is 20.0. The summed E-state index contributed by atoms with van der Waals surface area (Å²) in [5, 5.41) is 14.2. The fourth-order valence-electron chi connectivity index (χ4n) is 6.01. The maximum atomic E-state index is 12.6. The Hall–Kier alpha value is -2.10. The van der Waals surface area contributed by atoms with Crippen molar-refractivity contribution in [2.45, 2.75) is 140 Å². The summed E-state index contributed by atoms with van der Waals surface area (Å²) in [6.45, 7) is 2.76. The van der Waals surface area contributed by atoms with Crippen molar-refractivity contribution in [3.8, 4) is 6.07 Å². The molecule has 47 heavy (non-hydrogen) atoms. The van der Waals surface area contributed by atoms with Crippen LogP contribution >= 0.6 is 7.82 Å². The lowest BCUT2D eigenvalue weighted by Gasteiger charge is -2.22. The summed E-state index contributed by atoms with van der Waals surface area (Å²) in [6, 6.07) is 5.68. The van der Waals surface area contributed by atoms with Gasteiger partial charge in [0.15, 0.2) is 11.4 Å². The van der Waals surface area contributed by atoms with Crippen molar-refractivity contribution in [1.82, 2.24) is 14.6 Å². The Balaban J connectivity index is 1.20. The van der Waals surface area contributed by atoms with Crippen LogP contribution in [0.15, 0.2) is 18.5 Å². The predicted molar refractivity (Wildman–Crippen MR) is 182 cm³/mol. The van der Waals surface area contributed by atoms with E-state index in [4.69, 9.17) is 29.0 Å². The van der Waals surface area contributed by atoms with Crippen LogP contribution in [0.3, 0.4) is 0 Å². The summed E-state index contributed by atoms with van der Waals surface area (Å²) in [6.07, 6.45) is 22.1. The molecule has 1 unspecified atom stereocenters. The number of anilines is 1. The lowest BCUT2D eigenvalue weighted by molar-refractivity contribution is -0.0410. The third kappa shape index (κ3) is 13.7. The minimum atomic E-state index is -4.39. The van der Waals surface area contributed by atoms with Gasteiger partial charge < -0.3 is 24.8 Å². The second kappa shape index (κ2) is 21.8. The maximum absolute atomic E-state index is 12.6. The SMILES string of the molecule is CCCCCCCCCCCCCCCCCCOC[C@H](COP(=O)(O)OC[C@@H]1CC[C@](C#N)(c2ccc3c(N)ncnn23)O1)OC. The van der Waals surface area contributed by atoms with E-state index in [1.807, 2.05) is 0 Å². The van der Waals surface area contributed by atoms with Crippen molar-refractivity contribution in [3.63, 3.8) is 0 Å². The minimum absolute atomic E-state index is 0.159. The lowest BCUT2D eigenvalue weighted by Crippen LogP contribution is -2.28. The number of phosphoric ester groups is 1. The molecule has 2 aromatic heterocycles. The van der Waals surface area contributed by atoms with Gasteiger partial charge in [0.25, 0.3) is 0 Å². The fourth-order valence-corrected chi connectivity index (χ4v) is 6.80. The van der Waals surface area contributed by atoms with Gasteiger partial charge in [-0.25, -0.2) is 14.1 Å². The molecule has 0 bridgehead atoms. The van der Waals surface area contributed by atoms with E-state index >= 15 is 0 Å². The van der Waals surface area contributed by atoms with Gasteiger partial charge in [0.1, 0.15) is 24.0 Å². The van der Waals surface area contributed by atoms with Crippen molar-refractivity contribution in [2.24, 2.45) is 0 Å². The Kier molecular flexibility index (Phi) is 18.2. The Labute approximate surface area is 281 Å². The third-order valence-electron chi connectivity index (χ3n) is 8.89. The summed E-state index contributed by atoms with van der Waals surface area (Å²) >= 11 is 0. The van der Waals surface area contributed by atoms with Gasteiger partial charge in [-0.15, -0.1) is 0 Å². The average Bonchev–Trinajstić information content (AvgIpc) is 3.71. The molecule has 1 fully saturated rings. The van der Waals surface area contributed by atoms with Gasteiger partial charge in [-0.05, 0) is 31.4 Å². The monoisotopic (exact) mass is 679 g/mol. The second-order valence-electron chi connectivity index (χ2n) is 12.7. The molecule has 3 N–H and O–H groups in total. The summed E-state index contributed by atoms with van der Waals surface area (Å²) in [4.78, 5) is 14.2. The van der Waals surface area contributed by atoms with Crippen LogP contribution in [0.2, 0.25) is 0 Å². The van der Waals surface area contributed by atoms with E-state index in [9.17, 15) is 14.7 Å². The number of fused-ring (bicyclic) bond motifs is 1. The Bertz CT molecular complexity index is 1240. The number of ether oxygens (including phenoxy) is 3. The van der Waals surface area contributed by atoms with Gasteiger partial charge in [0.05, 0.1) is 31.6 Å². The zero-order valence-corrected chi connectivity index (χ0v) is 29.5. The molecule has 0 saturated carbocycles. The van der Waals surface area contributed by atoms with Crippen molar-refractivity contribution in [2.75, 3.05) is 39.3 Å². The van der Waals surface area contributed by atoms with Crippen molar-refractivity contribution >= 4 is 19.2 Å². The van der Waals surface area contributed by atoms with E-state index in [0.29, 0.717) is 30.7 Å². The van der Waals surface area contributed by atoms with Crippen LogP contribution < -0.4 is 5.73 Å². The molecular formula is C34H58N5O7P. The zero-order chi connectivity index (χ0) is 33.8. The molecule has 1 saturated heterocycles. The number of nitrogen functional groups attached to an aromatic ring is 1. The van der Waals surface area contributed by atoms with E-state index in [1.165, 1.54) is 108 Å². The number of rotatable bonds is 27. The van der Waals surface area contributed by atoms with Crippen LogP contribution in [0.1, 0.15) is 128 Å². The highest BCUT2D eigenvalue weighted by molar-refractivity contribution is 7.47. The van der Waals surface area contributed by atoms with Gasteiger partial charge in [0, 0.05) is 13.7 Å². The topological polar surface area (TPSA) is 163 Å². The molecule has 3 rings (SSSR count). The number of nitrogens with zero attached hydrogens (tertiary/aromatic N) is 4. The van der Waals surface area contributed by atoms with E-state index in [2.05, 4.69) is 23.1 Å². The first kappa shape index (κ1) is 39.3. The number of phosphoric acid groups is 1. The number of hydrogen-bond acceptors (Lipinski definition) is 10. The molecule has 0 radical (unpaired) electrons. The standard InChI is InChI=1S/C34H58N5O7P/c1-3-4-5-6-7-8-9-10-11-12-13-14-15-16-17-18-23-43-24-30(42-2)26-45-47(40,41)44-25-29-21-22-34(27-35,46-29)32-20-19-31-33(36)37-28-38-39(31)32/h19-20,28-30H,3-18,21-26H2,1-2H3,(H,40,41)(H2,36,37,38)/t29-,30+,34-/m0/s1. The van der Waals surface area contributed by atoms with Crippen LogP contribution in [0.25, 0.3) is 5.52 Å². The summed E-state index contributed by atoms with van der Waals surface area (Å²) < 4.78 is 41.6. The molecule has 266 valence electrons. The van der Waals surface area contributed by atoms with Gasteiger partial charge in [0.2, 0.25) is 0 Å². The molecule has 0 aromatic carbocycles. The predicted octanol–water partition coefficient (Wildman–Crippen LogP) is 7.64. The smallest absolute Gasteiger partial charge is 0.382 e. The first-order valence-corrected chi connectivity index (χ1v) is 19.2. The number of nitrogens with two attached hydrogens (primary N) is 1. The van der Waals surface area contributed by atoms with E-state index in [0.717, 1.165) is 12.8 Å². The fraction of sp³-hybridized carbons (Fsp3) is 0.794. The van der Waals surface area contributed by atoms with Crippen LogP contribution in [-0.4, -0.2) is 65.2 Å². The largest absolute Gasteiger partial charge is 0.472 e. The molecule has 1 aliphatic heterocycles. The molecule has 12 nitrogen and oxygen atoms in total. The molecule has 2 aromatic rings. The molecule has 0 aliphatic carbocycles. The Morgan fingerprint density at radius 2 is 1.64 bits per heavy atom. The van der Waals surface area contributed by atoms with Gasteiger partial charge in [-0.3, -0.25) is 9.05 Å². The van der Waals surface area contributed by atoms with E-state index < -0.39 is 25.6 Å². The highest BCUT2D eigenvalue weighted by Crippen LogP contribution is 2.46. The average molecular weight is 680 g/mol. The second-order valence-corrected chi connectivity index (χ2v) is 14.1. The van der Waals surface area contributed by atoms with Crippen molar-refractivity contribution < 1.29 is 32.7 Å². The number of methoxy groups -OCH3 is 1. The number of aromatic nitrogens is 3. The Morgan fingerprint density at radius 3 is 2.23 bits per heavy atom. The van der Waals surface area contributed by atoms with Crippen LogP contribution in [0.5, 0.6) is 0 Å². The molecular weight excluding hydrogens is 621 g/mol. The highest BCUT2D eigenvalue weighted by Gasteiger charge is 2.45. The number of hydrogen-bond donors (Lipinski definition) is 2. The quantitative estimate of drug-likeness (QED) is 0.0704. The highest BCUT2D eigenvalue weighted by atomic mass is 31.2. The minimum Gasteiger partial charge on any atom is -0.382 e. The summed E-state index contributed by atoms with van der Waals surface area (Å²) in [7, 11) is -2.88. The number of nitriles is 1. The Morgan fingerprint density at radius 1 is 1.02 bits per heavy atom. The van der Waals surface area contributed by atoms with Crippen molar-refractivity contribution in [1.29, 1.82) is 5.26 Å². The first-order chi connectivity index (χ1) is 22.8. The van der Waals surface area contributed by atoms with Gasteiger partial charge in [-0.2, -0.15) is 10.4 Å². The molecule has 3 heterocycles. The van der Waals surface area contributed by atoms with Crippen molar-refractivity contribution in [3.05, 3.63) is 24.2 Å². The first-order valence-electron chi connectivity index (χ1n) is 17.7. The number of unbranched alkanes of at least 4 members (excludes halogenated alkanes) is 15. The maximum Gasteiger partial charge on any atom is 0.472 e. The van der Waals surface area contributed by atoms with Gasteiger partial charge in [-0.1, -0.05) is 103 Å². The zero-order valence-electron chi connectivity index (χ0n) is 28.7. The molecule has 4 atom stereocenters. The van der Waals surface area contributed by atoms with Crippen LogP contribution in [0, 0.1) is 11.3 Å². The molecule has 0 spiro atoms. The summed E-state index contributed by atoms with van der Waals surface area (Å²) in [5.41, 5.74) is 5.70. The third-order valence-corrected chi connectivity index (χ3v) is 9.84. The van der Waals surface area contributed by atoms with E-state index in [1.54, 1.807) is 12.1 Å². The summed E-state index contributed by atoms with van der Waals surface area (Å²) in [5.74, 6) is 0.288. The van der Waals surface area contributed by atoms with Gasteiger partial charge >= 0.3 is 7.82 Å². The van der Waals surface area contributed by atoms with Crippen LogP contribution in [0.4, 0.5) is 5.82 Å².